The highest BCUT2D eigenvalue weighted by Crippen LogP contribution is 2.16. The Balaban J connectivity index is 1.65. The van der Waals surface area contributed by atoms with Crippen LogP contribution in [0.15, 0.2) is 45.9 Å². The predicted octanol–water partition coefficient (Wildman–Crippen LogP) is 2.47. The van der Waals surface area contributed by atoms with Crippen LogP contribution in [0.3, 0.4) is 0 Å². The lowest BCUT2D eigenvalue weighted by Gasteiger charge is -2.15. The van der Waals surface area contributed by atoms with Crippen molar-refractivity contribution in [1.29, 1.82) is 0 Å². The molecule has 0 radical (unpaired) electrons. The molecule has 1 atom stereocenters. The number of hydrogen-bond donors (Lipinski definition) is 1. The third-order valence-corrected chi connectivity index (χ3v) is 4.26. The molecule has 0 aliphatic heterocycles. The van der Waals surface area contributed by atoms with Crippen LogP contribution in [0.5, 0.6) is 0 Å². The zero-order valence-corrected chi connectivity index (χ0v) is 14.4. The molecule has 0 unspecified atom stereocenters. The Hall–Kier alpha value is -2.83. The van der Waals surface area contributed by atoms with Crippen molar-refractivity contribution in [3.63, 3.8) is 0 Å². The topological polar surface area (TPSA) is 82.1 Å². The fourth-order valence-electron chi connectivity index (χ4n) is 2.86. The van der Waals surface area contributed by atoms with Gasteiger partial charge in [0.2, 0.25) is 5.91 Å². The van der Waals surface area contributed by atoms with Crippen molar-refractivity contribution in [2.75, 3.05) is 0 Å². The van der Waals surface area contributed by atoms with Crippen LogP contribution in [0, 0.1) is 0 Å². The number of nitrogens with zero attached hydrogens (tertiary/aromatic N) is 3. The number of rotatable bonds is 7. The van der Waals surface area contributed by atoms with Gasteiger partial charge in [-0.2, -0.15) is 5.10 Å². The molecule has 1 aromatic carbocycles. The predicted molar refractivity (Wildman–Crippen MR) is 94.2 cm³/mol. The molecule has 0 aliphatic carbocycles. The van der Waals surface area contributed by atoms with Crippen LogP contribution in [0.2, 0.25) is 0 Å². The van der Waals surface area contributed by atoms with Crippen molar-refractivity contribution in [3.05, 3.63) is 52.8 Å². The average molecular weight is 342 g/mol. The van der Waals surface area contributed by atoms with Gasteiger partial charge in [0.05, 0.1) is 17.8 Å². The molecule has 0 spiro atoms. The van der Waals surface area contributed by atoms with Gasteiger partial charge in [-0.15, -0.1) is 0 Å². The van der Waals surface area contributed by atoms with E-state index in [9.17, 15) is 9.59 Å². The van der Waals surface area contributed by atoms with E-state index >= 15 is 0 Å². The van der Waals surface area contributed by atoms with Crippen LogP contribution < -0.4 is 11.1 Å². The second kappa shape index (κ2) is 7.38. The summed E-state index contributed by atoms with van der Waals surface area (Å²) in [6.07, 6.45) is 4.71. The number of carbonyl (C=O) groups is 1. The van der Waals surface area contributed by atoms with Gasteiger partial charge in [-0.05, 0) is 25.5 Å². The van der Waals surface area contributed by atoms with Gasteiger partial charge in [0.25, 0.3) is 0 Å². The number of amides is 1. The fraction of sp³-hybridized carbons (Fsp3) is 0.389. The highest BCUT2D eigenvalue weighted by molar-refractivity contribution is 5.77. The lowest BCUT2D eigenvalue weighted by molar-refractivity contribution is -0.122. The molecule has 0 aliphatic rings. The van der Waals surface area contributed by atoms with Gasteiger partial charge < -0.3 is 9.73 Å². The van der Waals surface area contributed by atoms with E-state index in [1.54, 1.807) is 12.3 Å². The monoisotopic (exact) mass is 342 g/mol. The first-order valence-corrected chi connectivity index (χ1v) is 8.52. The summed E-state index contributed by atoms with van der Waals surface area (Å²) in [7, 11) is 0. The van der Waals surface area contributed by atoms with Crippen molar-refractivity contribution in [2.24, 2.45) is 0 Å². The third kappa shape index (κ3) is 3.65. The maximum Gasteiger partial charge on any atom is 0.419 e. The number of nitrogens with one attached hydrogen (secondary N) is 1. The minimum absolute atomic E-state index is 0.0781. The van der Waals surface area contributed by atoms with E-state index in [4.69, 9.17) is 4.42 Å². The molecule has 2 aromatic heterocycles. The van der Waals surface area contributed by atoms with Crippen LogP contribution in [-0.2, 0) is 17.9 Å². The van der Waals surface area contributed by atoms with Crippen LogP contribution in [0.1, 0.15) is 38.3 Å². The second-order valence-corrected chi connectivity index (χ2v) is 5.90. The number of oxazole rings is 1. The van der Waals surface area contributed by atoms with Crippen molar-refractivity contribution < 1.29 is 9.21 Å². The summed E-state index contributed by atoms with van der Waals surface area (Å²) in [5.74, 6) is -0.543. The Kier molecular flexibility index (Phi) is 5.02. The quantitative estimate of drug-likeness (QED) is 0.715. The summed E-state index contributed by atoms with van der Waals surface area (Å²) in [6, 6.07) is 7.13. The summed E-state index contributed by atoms with van der Waals surface area (Å²) < 4.78 is 8.51. The average Bonchev–Trinajstić information content (AvgIpc) is 3.21. The largest absolute Gasteiger partial charge is 0.419 e. The van der Waals surface area contributed by atoms with Crippen LogP contribution in [-0.4, -0.2) is 20.3 Å². The van der Waals surface area contributed by atoms with Gasteiger partial charge in [0.1, 0.15) is 0 Å². The molecule has 7 nitrogen and oxygen atoms in total. The Morgan fingerprint density at radius 3 is 2.84 bits per heavy atom. The molecule has 25 heavy (non-hydrogen) atoms. The minimum atomic E-state index is -0.440. The summed E-state index contributed by atoms with van der Waals surface area (Å²) in [6.45, 7) is 5.11. The summed E-state index contributed by atoms with van der Waals surface area (Å²) in [4.78, 5) is 24.3. The van der Waals surface area contributed by atoms with E-state index in [1.807, 2.05) is 42.9 Å². The van der Waals surface area contributed by atoms with E-state index in [-0.39, 0.29) is 24.9 Å². The molecule has 0 saturated carbocycles. The smallest absolute Gasteiger partial charge is 0.408 e. The van der Waals surface area contributed by atoms with Gasteiger partial charge >= 0.3 is 5.76 Å². The molecule has 2 heterocycles. The standard InChI is InChI=1S/C18H22N4O3/c1-3-14(13-11-19-21(4-2)12-13)20-17(23)9-10-22-15-7-5-6-8-16(15)25-18(22)24/h5-8,11-12,14H,3-4,9-10H2,1-2H3,(H,20,23)/t14-/m1/s1. The molecule has 3 rings (SSSR count). The second-order valence-electron chi connectivity index (χ2n) is 5.90. The number of benzene rings is 1. The van der Waals surface area contributed by atoms with Gasteiger partial charge in [-0.3, -0.25) is 14.0 Å². The first kappa shape index (κ1) is 17.0. The Morgan fingerprint density at radius 1 is 1.32 bits per heavy atom. The molecule has 0 bridgehead atoms. The van der Waals surface area contributed by atoms with Crippen molar-refractivity contribution in [3.8, 4) is 0 Å². The Bertz CT molecular complexity index is 922. The Morgan fingerprint density at radius 2 is 2.12 bits per heavy atom. The number of para-hydroxylation sites is 2. The zero-order valence-electron chi connectivity index (χ0n) is 14.4. The van der Waals surface area contributed by atoms with Gasteiger partial charge in [0.15, 0.2) is 5.58 Å². The Labute approximate surface area is 145 Å². The molecule has 0 saturated heterocycles. The number of carbonyl (C=O) groups excluding carboxylic acids is 1. The fourth-order valence-corrected chi connectivity index (χ4v) is 2.86. The van der Waals surface area contributed by atoms with E-state index < -0.39 is 5.76 Å². The number of aromatic nitrogens is 3. The first-order valence-electron chi connectivity index (χ1n) is 8.52. The molecule has 3 aromatic rings. The highest BCUT2D eigenvalue weighted by atomic mass is 16.4. The summed E-state index contributed by atoms with van der Waals surface area (Å²) in [5, 5.41) is 7.26. The van der Waals surface area contributed by atoms with Crippen LogP contribution in [0.4, 0.5) is 0 Å². The molecular formula is C18H22N4O3. The lowest BCUT2D eigenvalue weighted by Crippen LogP contribution is -2.29. The van der Waals surface area contributed by atoms with E-state index in [2.05, 4.69) is 10.4 Å². The SMILES string of the molecule is CC[C@@H](NC(=O)CCn1c(=O)oc2ccccc21)c1cnn(CC)c1. The highest BCUT2D eigenvalue weighted by Gasteiger charge is 2.16. The normalized spacial score (nSPS) is 12.4. The number of hydrogen-bond acceptors (Lipinski definition) is 4. The lowest BCUT2D eigenvalue weighted by atomic mass is 10.1. The molecule has 1 N–H and O–H groups in total. The van der Waals surface area contributed by atoms with Gasteiger partial charge in [-0.25, -0.2) is 4.79 Å². The van der Waals surface area contributed by atoms with E-state index in [0.717, 1.165) is 18.5 Å². The molecular weight excluding hydrogens is 320 g/mol. The molecule has 7 heteroatoms. The van der Waals surface area contributed by atoms with E-state index in [1.165, 1.54) is 4.57 Å². The number of fused-ring (bicyclic) bond motifs is 1. The molecule has 0 fully saturated rings. The maximum atomic E-state index is 12.3. The number of aryl methyl sites for hydroxylation is 2. The first-order chi connectivity index (χ1) is 12.1. The maximum absolute atomic E-state index is 12.3. The summed E-state index contributed by atoms with van der Waals surface area (Å²) in [5.41, 5.74) is 2.23. The minimum Gasteiger partial charge on any atom is -0.408 e. The van der Waals surface area contributed by atoms with E-state index in [0.29, 0.717) is 11.1 Å². The third-order valence-electron chi connectivity index (χ3n) is 4.26. The van der Waals surface area contributed by atoms with Gasteiger partial charge in [0, 0.05) is 31.3 Å². The molecule has 1 amide bonds. The van der Waals surface area contributed by atoms with Crippen molar-refractivity contribution >= 4 is 17.0 Å². The summed E-state index contributed by atoms with van der Waals surface area (Å²) >= 11 is 0. The van der Waals surface area contributed by atoms with Crippen molar-refractivity contribution in [1.82, 2.24) is 19.7 Å². The van der Waals surface area contributed by atoms with Crippen molar-refractivity contribution in [2.45, 2.75) is 45.8 Å². The molecule has 132 valence electrons. The van der Waals surface area contributed by atoms with Gasteiger partial charge in [-0.1, -0.05) is 19.1 Å². The zero-order chi connectivity index (χ0) is 17.8. The van der Waals surface area contributed by atoms with Crippen LogP contribution >= 0.6 is 0 Å². The van der Waals surface area contributed by atoms with Crippen LogP contribution in [0.25, 0.3) is 11.1 Å².